The number of aromatic nitrogens is 2. The number of nitrogens with zero attached hydrogens (tertiary/aromatic N) is 2. The minimum absolute atomic E-state index is 0.0499. The molecular weight excluding hydrogens is 393 g/mol. The van der Waals surface area contributed by atoms with Crippen molar-refractivity contribution in [2.75, 3.05) is 19.7 Å². The van der Waals surface area contributed by atoms with Crippen molar-refractivity contribution in [2.45, 2.75) is 25.9 Å². The molecule has 0 fully saturated rings. The average molecular weight is 420 g/mol. The van der Waals surface area contributed by atoms with Crippen LogP contribution < -0.4 is 14.8 Å². The van der Waals surface area contributed by atoms with Gasteiger partial charge in [-0.1, -0.05) is 0 Å². The summed E-state index contributed by atoms with van der Waals surface area (Å²) < 4.78 is 27.9. The van der Waals surface area contributed by atoms with Gasteiger partial charge in [0.05, 0.1) is 5.52 Å². The molecule has 0 saturated heterocycles. The molecule has 0 radical (unpaired) electrons. The van der Waals surface area contributed by atoms with E-state index in [0.29, 0.717) is 13.2 Å². The summed E-state index contributed by atoms with van der Waals surface area (Å²) in [6, 6.07) is 12.9. The zero-order valence-corrected chi connectivity index (χ0v) is 17.8. The zero-order valence-electron chi connectivity index (χ0n) is 17.8. The van der Waals surface area contributed by atoms with Crippen LogP contribution in [0.15, 0.2) is 48.7 Å². The van der Waals surface area contributed by atoms with Crippen molar-refractivity contribution >= 4 is 21.8 Å². The number of rotatable bonds is 6. The van der Waals surface area contributed by atoms with Crippen LogP contribution in [0, 0.1) is 12.7 Å². The molecule has 0 bridgehead atoms. The van der Waals surface area contributed by atoms with Gasteiger partial charge < -0.3 is 19.4 Å². The number of nitrogens with one attached hydrogen (secondary N) is 1. The lowest BCUT2D eigenvalue weighted by Crippen LogP contribution is -2.38. The molecule has 5 rings (SSSR count). The van der Waals surface area contributed by atoms with E-state index in [1.54, 1.807) is 6.07 Å². The van der Waals surface area contributed by atoms with Gasteiger partial charge in [-0.25, -0.2) is 4.39 Å². The number of ether oxygens (including phenoxy) is 2. The predicted octanol–water partition coefficient (Wildman–Crippen LogP) is 4.54. The molecule has 31 heavy (non-hydrogen) atoms. The number of hydrogen-bond donors (Lipinski definition) is 1. The predicted molar refractivity (Wildman–Crippen MR) is 120 cm³/mol. The smallest absolute Gasteiger partial charge is 0.171 e. The minimum atomic E-state index is -0.189. The maximum Gasteiger partial charge on any atom is 0.171 e. The lowest BCUT2D eigenvalue weighted by molar-refractivity contribution is 0.0925. The van der Waals surface area contributed by atoms with E-state index in [9.17, 15) is 4.39 Å². The molecule has 5 nitrogen and oxygen atoms in total. The zero-order chi connectivity index (χ0) is 21.4. The molecule has 3 heterocycles. The number of fused-ring (bicyclic) bond motifs is 4. The molecular formula is C25H26FN3O2. The van der Waals surface area contributed by atoms with Crippen LogP contribution >= 0.6 is 0 Å². The average Bonchev–Trinajstić information content (AvgIpc) is 3.07. The fourth-order valence-corrected chi connectivity index (χ4v) is 4.29. The summed E-state index contributed by atoms with van der Waals surface area (Å²) in [4.78, 5) is 4.58. The monoisotopic (exact) mass is 419 g/mol. The summed E-state index contributed by atoms with van der Waals surface area (Å²) >= 11 is 0. The van der Waals surface area contributed by atoms with Crippen LogP contribution in [0.25, 0.3) is 21.8 Å². The Morgan fingerprint density at radius 1 is 1.16 bits per heavy atom. The highest BCUT2D eigenvalue weighted by Crippen LogP contribution is 2.38. The Balaban J connectivity index is 1.17. The van der Waals surface area contributed by atoms with Crippen LogP contribution in [0.2, 0.25) is 0 Å². The van der Waals surface area contributed by atoms with Gasteiger partial charge >= 0.3 is 0 Å². The Morgan fingerprint density at radius 2 is 2.06 bits per heavy atom. The highest BCUT2D eigenvalue weighted by atomic mass is 19.1. The number of halogens is 1. The van der Waals surface area contributed by atoms with Gasteiger partial charge in [0.25, 0.3) is 0 Å². The first-order valence-corrected chi connectivity index (χ1v) is 10.7. The van der Waals surface area contributed by atoms with Gasteiger partial charge in [-0.3, -0.25) is 4.98 Å². The molecule has 1 aliphatic rings. The summed E-state index contributed by atoms with van der Waals surface area (Å²) in [5, 5.41) is 5.46. The topological polar surface area (TPSA) is 48.3 Å². The Hall–Kier alpha value is -3.12. The second kappa shape index (κ2) is 8.19. The van der Waals surface area contributed by atoms with Crippen LogP contribution in [0.4, 0.5) is 4.39 Å². The van der Waals surface area contributed by atoms with E-state index in [2.05, 4.69) is 21.1 Å². The SMILES string of the molecule is Cc1ccc2c3c(ccc2n1)OCC(CNCCCc1cn(C)c2ccc(F)cc12)O3. The van der Waals surface area contributed by atoms with E-state index >= 15 is 0 Å². The number of aryl methyl sites for hydroxylation is 3. The standard InChI is InChI=1S/C25H26FN3O2/c1-16-5-7-20-22(28-16)8-10-24-25(20)31-19(15-30-24)13-27-11-3-4-17-14-29(2)23-9-6-18(26)12-21(17)23/h5-10,12,14,19,27H,3-4,11,13,15H2,1-2H3. The molecule has 1 unspecified atom stereocenters. The molecule has 1 aliphatic heterocycles. The molecule has 1 N–H and O–H groups in total. The number of pyridine rings is 1. The Morgan fingerprint density at radius 3 is 2.97 bits per heavy atom. The second-order valence-electron chi connectivity index (χ2n) is 8.20. The van der Waals surface area contributed by atoms with Crippen molar-refractivity contribution in [1.82, 2.24) is 14.9 Å². The van der Waals surface area contributed by atoms with E-state index < -0.39 is 0 Å². The van der Waals surface area contributed by atoms with E-state index in [1.807, 2.05) is 44.3 Å². The molecule has 160 valence electrons. The van der Waals surface area contributed by atoms with Crippen molar-refractivity contribution < 1.29 is 13.9 Å². The molecule has 1 atom stereocenters. The molecule has 0 amide bonds. The first kappa shape index (κ1) is 19.8. The van der Waals surface area contributed by atoms with Crippen LogP contribution in [0.3, 0.4) is 0 Å². The fourth-order valence-electron chi connectivity index (χ4n) is 4.29. The molecule has 4 aromatic rings. The molecule has 2 aromatic carbocycles. The maximum absolute atomic E-state index is 13.6. The lowest BCUT2D eigenvalue weighted by Gasteiger charge is -2.27. The number of hydrogen-bond acceptors (Lipinski definition) is 4. The van der Waals surface area contributed by atoms with Crippen molar-refractivity contribution in [2.24, 2.45) is 7.05 Å². The molecule has 6 heteroatoms. The summed E-state index contributed by atoms with van der Waals surface area (Å²) in [6.45, 7) is 4.07. The van der Waals surface area contributed by atoms with Crippen molar-refractivity contribution in [3.63, 3.8) is 0 Å². The third kappa shape index (κ3) is 3.95. The first-order valence-electron chi connectivity index (χ1n) is 10.7. The second-order valence-corrected chi connectivity index (χ2v) is 8.20. The van der Waals surface area contributed by atoms with Gasteiger partial charge in [-0.15, -0.1) is 0 Å². The van der Waals surface area contributed by atoms with Crippen LogP contribution in [0.5, 0.6) is 11.5 Å². The molecule has 0 aliphatic carbocycles. The largest absolute Gasteiger partial charge is 0.486 e. The fraction of sp³-hybridized carbons (Fsp3) is 0.320. The van der Waals surface area contributed by atoms with Crippen LogP contribution in [-0.4, -0.2) is 35.4 Å². The summed E-state index contributed by atoms with van der Waals surface area (Å²) in [7, 11) is 2.00. The molecule has 0 saturated carbocycles. The van der Waals surface area contributed by atoms with Gasteiger partial charge in [-0.2, -0.15) is 0 Å². The van der Waals surface area contributed by atoms with E-state index in [0.717, 1.165) is 58.4 Å². The number of benzene rings is 2. The van der Waals surface area contributed by atoms with Crippen molar-refractivity contribution in [1.29, 1.82) is 0 Å². The van der Waals surface area contributed by atoms with Crippen molar-refractivity contribution in [3.8, 4) is 11.5 Å². The third-order valence-corrected chi connectivity index (χ3v) is 5.84. The third-order valence-electron chi connectivity index (χ3n) is 5.84. The van der Waals surface area contributed by atoms with E-state index in [-0.39, 0.29) is 11.9 Å². The summed E-state index contributed by atoms with van der Waals surface area (Å²) in [5.41, 5.74) is 4.14. The van der Waals surface area contributed by atoms with Gasteiger partial charge in [0.15, 0.2) is 11.5 Å². The van der Waals surface area contributed by atoms with E-state index in [4.69, 9.17) is 9.47 Å². The summed E-state index contributed by atoms with van der Waals surface area (Å²) in [6.07, 6.45) is 3.91. The molecule has 0 spiro atoms. The van der Waals surface area contributed by atoms with Gasteiger partial charge in [0.1, 0.15) is 18.5 Å². The van der Waals surface area contributed by atoms with Gasteiger partial charge in [0, 0.05) is 41.8 Å². The van der Waals surface area contributed by atoms with Gasteiger partial charge in [-0.05, 0) is 74.3 Å². The van der Waals surface area contributed by atoms with Crippen LogP contribution in [0.1, 0.15) is 17.7 Å². The van der Waals surface area contributed by atoms with E-state index in [1.165, 1.54) is 11.6 Å². The molecule has 2 aromatic heterocycles. The Labute approximate surface area is 180 Å². The van der Waals surface area contributed by atoms with Crippen molar-refractivity contribution in [3.05, 3.63) is 65.7 Å². The highest BCUT2D eigenvalue weighted by Gasteiger charge is 2.23. The Kier molecular flexibility index (Phi) is 5.24. The quantitative estimate of drug-likeness (QED) is 0.466. The first-order chi connectivity index (χ1) is 15.1. The Bertz CT molecular complexity index is 1250. The van der Waals surface area contributed by atoms with Gasteiger partial charge in [0.2, 0.25) is 0 Å². The normalized spacial score (nSPS) is 15.6. The summed E-state index contributed by atoms with van der Waals surface area (Å²) in [5.74, 6) is 1.36. The lowest BCUT2D eigenvalue weighted by atomic mass is 10.1. The highest BCUT2D eigenvalue weighted by molar-refractivity contribution is 5.88. The maximum atomic E-state index is 13.6. The minimum Gasteiger partial charge on any atom is -0.486 e. The van der Waals surface area contributed by atoms with Crippen LogP contribution in [-0.2, 0) is 13.5 Å².